The average molecular weight is 560 g/mol. The zero-order valence-electron chi connectivity index (χ0n) is 18.7. The fourth-order valence-electron chi connectivity index (χ4n) is 4.15. The molecule has 0 saturated carbocycles. The Morgan fingerprint density at radius 1 is 1.22 bits per heavy atom. The number of amides is 1. The van der Waals surface area contributed by atoms with Gasteiger partial charge in [0.1, 0.15) is 10.6 Å². The molecule has 1 spiro atoms. The number of nitrogens with two attached hydrogens (primary N) is 1. The Morgan fingerprint density at radius 3 is 2.42 bits per heavy atom. The maximum atomic E-state index is 13.5. The highest BCUT2D eigenvalue weighted by atomic mass is 32.2. The van der Waals surface area contributed by atoms with Crippen LogP contribution in [-0.4, -0.2) is 58.1 Å². The number of sulfonamides is 2. The minimum Gasteiger partial charge on any atom is -0.365 e. The van der Waals surface area contributed by atoms with Crippen molar-refractivity contribution in [1.29, 1.82) is 0 Å². The molecule has 1 amide bonds. The molecule has 0 radical (unpaired) electrons. The Bertz CT molecular complexity index is 1250. The summed E-state index contributed by atoms with van der Waals surface area (Å²) in [5.74, 6) is -0.212. The van der Waals surface area contributed by atoms with Crippen molar-refractivity contribution in [2.24, 2.45) is 5.14 Å². The minimum atomic E-state index is -5.12. The second kappa shape index (κ2) is 9.98. The van der Waals surface area contributed by atoms with Crippen LogP contribution in [0.1, 0.15) is 44.1 Å². The minimum absolute atomic E-state index is 0.0341. The van der Waals surface area contributed by atoms with Gasteiger partial charge in [-0.25, -0.2) is 22.0 Å². The number of anilines is 1. The summed E-state index contributed by atoms with van der Waals surface area (Å²) >= 11 is 0. The lowest BCUT2D eigenvalue weighted by Crippen LogP contribution is -2.62. The zero-order chi connectivity index (χ0) is 26.9. The van der Waals surface area contributed by atoms with E-state index in [0.717, 1.165) is 0 Å². The molecule has 1 saturated heterocycles. The van der Waals surface area contributed by atoms with Crippen LogP contribution >= 0.6 is 0 Å². The van der Waals surface area contributed by atoms with Gasteiger partial charge in [-0.15, -0.1) is 10.1 Å². The summed E-state index contributed by atoms with van der Waals surface area (Å²) in [6.45, 7) is 0.139. The summed E-state index contributed by atoms with van der Waals surface area (Å²) in [5, 5.41) is 16.8. The molecular weight excluding hydrogens is 535 g/mol. The van der Waals surface area contributed by atoms with E-state index in [1.165, 1.54) is 4.90 Å². The van der Waals surface area contributed by atoms with Gasteiger partial charge in [-0.05, 0) is 25.0 Å². The number of unbranched alkanes of at least 4 members (excludes halogenated alkanes) is 2. The first kappa shape index (κ1) is 27.9. The summed E-state index contributed by atoms with van der Waals surface area (Å²) in [7, 11) is -9.31. The van der Waals surface area contributed by atoms with Crippen LogP contribution in [0.5, 0.6) is 0 Å². The summed E-state index contributed by atoms with van der Waals surface area (Å²) in [4.78, 5) is 26.2. The quantitative estimate of drug-likeness (QED) is 0.238. The molecule has 4 N–H and O–H groups in total. The number of nitrogens with one attached hydrogen (secondary N) is 2. The Kier molecular flexibility index (Phi) is 7.73. The molecule has 0 atom stereocenters. The number of carbonyl (C=O) groups is 1. The second-order valence-corrected chi connectivity index (χ2v) is 11.6. The van der Waals surface area contributed by atoms with Gasteiger partial charge < -0.3 is 15.1 Å². The smallest absolute Gasteiger partial charge is 0.365 e. The van der Waals surface area contributed by atoms with Gasteiger partial charge in [-0.2, -0.15) is 17.9 Å². The van der Waals surface area contributed by atoms with Gasteiger partial charge in [0.05, 0.1) is 22.8 Å². The third-order valence-electron chi connectivity index (χ3n) is 5.89. The fraction of sp³-hybridized carbons (Fsp3) is 0.611. The number of alkyl halides is 3. The van der Waals surface area contributed by atoms with E-state index in [4.69, 9.17) is 5.14 Å². The number of nitrogens with zero attached hydrogens (tertiary/aromatic N) is 2. The van der Waals surface area contributed by atoms with Crippen LogP contribution in [0.15, 0.2) is 21.9 Å². The third-order valence-corrected chi connectivity index (χ3v) is 8.42. The molecule has 202 valence electrons. The number of hydrogen-bond acceptors (Lipinski definition) is 9. The largest absolute Gasteiger partial charge is 0.417 e. The van der Waals surface area contributed by atoms with E-state index in [-0.39, 0.29) is 44.9 Å². The zero-order valence-corrected chi connectivity index (χ0v) is 20.3. The predicted molar refractivity (Wildman–Crippen MR) is 117 cm³/mol. The van der Waals surface area contributed by atoms with Crippen LogP contribution < -0.4 is 15.2 Å². The first-order chi connectivity index (χ1) is 16.5. The molecule has 3 rings (SSSR count). The highest BCUT2D eigenvalue weighted by Crippen LogP contribution is 2.42. The van der Waals surface area contributed by atoms with E-state index in [2.05, 4.69) is 14.9 Å². The van der Waals surface area contributed by atoms with Crippen molar-refractivity contribution in [3.05, 3.63) is 27.8 Å². The van der Waals surface area contributed by atoms with Gasteiger partial charge in [0, 0.05) is 32.4 Å². The van der Waals surface area contributed by atoms with Crippen molar-refractivity contribution >= 4 is 31.6 Å². The predicted octanol–water partition coefficient (Wildman–Crippen LogP) is 1.14. The number of benzene rings is 1. The maximum Gasteiger partial charge on any atom is 0.417 e. The Morgan fingerprint density at radius 2 is 1.86 bits per heavy atom. The Hall–Kier alpha value is -2.70. The van der Waals surface area contributed by atoms with Gasteiger partial charge in [0.2, 0.25) is 26.0 Å². The number of fused-ring (bicyclic) bond motifs is 1. The molecule has 18 heteroatoms. The first-order valence-electron chi connectivity index (χ1n) is 10.7. The molecule has 0 bridgehead atoms. The molecule has 0 aliphatic carbocycles. The Labute approximate surface area is 204 Å². The van der Waals surface area contributed by atoms with Crippen molar-refractivity contribution < 1.29 is 44.7 Å². The number of carbonyl (C=O) groups excluding carboxylic acids is 1. The lowest BCUT2D eigenvalue weighted by molar-refractivity contribution is -0.757. The third kappa shape index (κ3) is 6.34. The van der Waals surface area contributed by atoms with E-state index < -0.39 is 58.0 Å². The van der Waals surface area contributed by atoms with E-state index in [1.54, 1.807) is 0 Å². The molecule has 1 fully saturated rings. The molecule has 36 heavy (non-hydrogen) atoms. The monoisotopic (exact) mass is 559 g/mol. The average Bonchev–Trinajstić information content (AvgIpc) is 2.73. The Balaban J connectivity index is 1.71. The van der Waals surface area contributed by atoms with Crippen LogP contribution in [-0.2, 0) is 35.9 Å². The molecule has 0 aromatic heterocycles. The maximum absolute atomic E-state index is 13.5. The number of hydrogen-bond donors (Lipinski definition) is 3. The number of likely N-dealkylation sites (tertiary alicyclic amines) is 1. The van der Waals surface area contributed by atoms with Gasteiger partial charge >= 0.3 is 6.18 Å². The highest BCUT2D eigenvalue weighted by molar-refractivity contribution is 7.90. The molecule has 1 aromatic carbocycles. The van der Waals surface area contributed by atoms with Crippen LogP contribution in [0.3, 0.4) is 0 Å². The summed E-state index contributed by atoms with van der Waals surface area (Å²) in [5.41, 5.74) is -3.40. The molecular formula is C18H24F3N5O8S2. The number of halogens is 3. The van der Waals surface area contributed by atoms with Gasteiger partial charge in [-0.3, -0.25) is 4.79 Å². The van der Waals surface area contributed by atoms with Gasteiger partial charge in [0.25, 0.3) is 5.09 Å². The van der Waals surface area contributed by atoms with Crippen LogP contribution in [0, 0.1) is 10.1 Å². The van der Waals surface area contributed by atoms with E-state index >= 15 is 0 Å². The molecule has 13 nitrogen and oxygen atoms in total. The fourth-order valence-corrected chi connectivity index (χ4v) is 6.54. The highest BCUT2D eigenvalue weighted by Gasteiger charge is 2.46. The SMILES string of the molecule is NS(=O)(=O)c1cc2c(cc1C(F)(F)F)NC1(CCN(C(=O)CCCCCO[N+](=O)[O-])CC1)NS2(=O)=O. The molecule has 0 unspecified atom stereocenters. The van der Waals surface area contributed by atoms with Crippen molar-refractivity contribution in [3.8, 4) is 0 Å². The standard InChI is InChI=1S/C18H24F3N5O8S2/c19-18(20,21)12-10-13-15(11-14(12)35(22,30)31)36(32,33)24-17(23-13)5-7-25(8-6-17)16(27)4-2-1-3-9-34-26(28)29/h10-11,23-24H,1-9H2,(H2,22,30,31). The van der Waals surface area contributed by atoms with E-state index in [9.17, 15) is 44.9 Å². The van der Waals surface area contributed by atoms with Gasteiger partial charge in [0.15, 0.2) is 0 Å². The topological polar surface area (TPSA) is 191 Å². The van der Waals surface area contributed by atoms with Crippen LogP contribution in [0.4, 0.5) is 18.9 Å². The van der Waals surface area contributed by atoms with Crippen molar-refractivity contribution in [2.75, 3.05) is 25.0 Å². The van der Waals surface area contributed by atoms with Crippen molar-refractivity contribution in [1.82, 2.24) is 9.62 Å². The lowest BCUT2D eigenvalue weighted by Gasteiger charge is -2.45. The molecule has 2 aliphatic heterocycles. The number of rotatable bonds is 8. The first-order valence-corrected chi connectivity index (χ1v) is 13.7. The normalized spacial score (nSPS) is 18.8. The van der Waals surface area contributed by atoms with Gasteiger partial charge in [-0.1, -0.05) is 6.42 Å². The summed E-state index contributed by atoms with van der Waals surface area (Å²) < 4.78 is 92.1. The lowest BCUT2D eigenvalue weighted by atomic mass is 9.96. The van der Waals surface area contributed by atoms with Crippen LogP contribution in [0.25, 0.3) is 0 Å². The molecule has 1 aromatic rings. The number of piperidine rings is 1. The molecule has 2 heterocycles. The van der Waals surface area contributed by atoms with E-state index in [0.29, 0.717) is 31.4 Å². The van der Waals surface area contributed by atoms with Crippen LogP contribution in [0.2, 0.25) is 0 Å². The van der Waals surface area contributed by atoms with Crippen molar-refractivity contribution in [2.45, 2.75) is 60.2 Å². The molecule has 2 aliphatic rings. The van der Waals surface area contributed by atoms with E-state index in [1.807, 2.05) is 0 Å². The summed E-state index contributed by atoms with van der Waals surface area (Å²) in [6, 6.07) is 0.792. The van der Waals surface area contributed by atoms with Crippen molar-refractivity contribution in [3.63, 3.8) is 0 Å². The number of primary sulfonamides is 1. The second-order valence-electron chi connectivity index (χ2n) is 8.45. The summed E-state index contributed by atoms with van der Waals surface area (Å²) in [6.07, 6.45) is -3.50.